The SMILES string of the molecule is C=CCC[C@H](NC(=O)[C@@H](Cc1ccc(F)cc1)NC(C)=O)C(N)=O. The molecule has 0 aliphatic rings. The largest absolute Gasteiger partial charge is 0.368 e. The van der Waals surface area contributed by atoms with Crippen LogP contribution in [0.2, 0.25) is 0 Å². The first-order chi connectivity index (χ1) is 11.3. The number of halogens is 1. The number of carbonyl (C=O) groups is 3. The van der Waals surface area contributed by atoms with E-state index in [4.69, 9.17) is 5.73 Å². The van der Waals surface area contributed by atoms with Gasteiger partial charge in [0, 0.05) is 13.3 Å². The zero-order valence-corrected chi connectivity index (χ0v) is 13.5. The van der Waals surface area contributed by atoms with Crippen LogP contribution in [0.3, 0.4) is 0 Å². The van der Waals surface area contributed by atoms with Crippen molar-refractivity contribution in [3.63, 3.8) is 0 Å². The predicted molar refractivity (Wildman–Crippen MR) is 88.3 cm³/mol. The number of rotatable bonds is 9. The number of allylic oxidation sites excluding steroid dienone is 1. The fraction of sp³-hybridized carbons (Fsp3) is 0.353. The highest BCUT2D eigenvalue weighted by atomic mass is 19.1. The summed E-state index contributed by atoms with van der Waals surface area (Å²) >= 11 is 0. The van der Waals surface area contributed by atoms with E-state index in [1.807, 2.05) is 0 Å². The molecule has 0 bridgehead atoms. The third kappa shape index (κ3) is 6.60. The van der Waals surface area contributed by atoms with Crippen LogP contribution < -0.4 is 16.4 Å². The highest BCUT2D eigenvalue weighted by molar-refractivity contribution is 5.91. The molecule has 24 heavy (non-hydrogen) atoms. The molecule has 0 radical (unpaired) electrons. The van der Waals surface area contributed by atoms with Gasteiger partial charge in [0.15, 0.2) is 0 Å². The molecule has 3 amide bonds. The van der Waals surface area contributed by atoms with E-state index in [9.17, 15) is 18.8 Å². The summed E-state index contributed by atoms with van der Waals surface area (Å²) in [5, 5.41) is 5.06. The maximum absolute atomic E-state index is 13.0. The van der Waals surface area contributed by atoms with Crippen molar-refractivity contribution in [3.8, 4) is 0 Å². The van der Waals surface area contributed by atoms with Crippen LogP contribution in [0.4, 0.5) is 4.39 Å². The van der Waals surface area contributed by atoms with E-state index in [-0.39, 0.29) is 12.3 Å². The topological polar surface area (TPSA) is 101 Å². The van der Waals surface area contributed by atoms with Gasteiger partial charge in [-0.2, -0.15) is 0 Å². The van der Waals surface area contributed by atoms with Crippen LogP contribution in [-0.4, -0.2) is 29.8 Å². The normalized spacial score (nSPS) is 12.8. The Morgan fingerprint density at radius 2 is 1.83 bits per heavy atom. The quantitative estimate of drug-likeness (QED) is 0.582. The van der Waals surface area contributed by atoms with E-state index in [0.717, 1.165) is 0 Å². The van der Waals surface area contributed by atoms with Gasteiger partial charge in [-0.3, -0.25) is 14.4 Å². The van der Waals surface area contributed by atoms with Crippen LogP contribution in [0.15, 0.2) is 36.9 Å². The number of primary amides is 1. The first kappa shape index (κ1) is 19.3. The number of hydrogen-bond acceptors (Lipinski definition) is 3. The average molecular weight is 335 g/mol. The molecule has 0 spiro atoms. The zero-order chi connectivity index (χ0) is 18.1. The maximum Gasteiger partial charge on any atom is 0.243 e. The molecule has 4 N–H and O–H groups in total. The molecule has 1 rings (SSSR count). The van der Waals surface area contributed by atoms with Crippen molar-refractivity contribution in [2.75, 3.05) is 0 Å². The Kier molecular flexibility index (Phi) is 7.61. The van der Waals surface area contributed by atoms with Gasteiger partial charge in [0.25, 0.3) is 0 Å². The highest BCUT2D eigenvalue weighted by Crippen LogP contribution is 2.07. The molecule has 130 valence electrons. The van der Waals surface area contributed by atoms with Gasteiger partial charge in [0.05, 0.1) is 0 Å². The minimum atomic E-state index is -0.890. The zero-order valence-electron chi connectivity index (χ0n) is 13.5. The Bertz CT molecular complexity index is 602. The third-order valence-electron chi connectivity index (χ3n) is 3.37. The Morgan fingerprint density at radius 1 is 1.21 bits per heavy atom. The standard InChI is InChI=1S/C17H22FN3O3/c1-3-4-5-14(16(19)23)21-17(24)15(20-11(2)22)10-12-6-8-13(18)9-7-12/h3,6-9,14-15H,1,4-5,10H2,2H3,(H2,19,23)(H,20,22)(H,21,24)/t14-,15+/m0/s1. The van der Waals surface area contributed by atoms with Crippen molar-refractivity contribution in [1.82, 2.24) is 10.6 Å². The molecule has 0 aliphatic carbocycles. The number of hydrogen-bond donors (Lipinski definition) is 3. The minimum Gasteiger partial charge on any atom is -0.368 e. The number of carbonyl (C=O) groups excluding carboxylic acids is 3. The van der Waals surface area contributed by atoms with Crippen LogP contribution >= 0.6 is 0 Å². The van der Waals surface area contributed by atoms with Crippen LogP contribution in [0.25, 0.3) is 0 Å². The van der Waals surface area contributed by atoms with Gasteiger partial charge in [-0.25, -0.2) is 4.39 Å². The molecule has 0 saturated heterocycles. The molecule has 2 atom stereocenters. The molecular formula is C17H22FN3O3. The van der Waals surface area contributed by atoms with E-state index in [1.165, 1.54) is 31.2 Å². The molecule has 1 aromatic rings. The van der Waals surface area contributed by atoms with Crippen LogP contribution in [0.5, 0.6) is 0 Å². The van der Waals surface area contributed by atoms with Gasteiger partial charge in [0.2, 0.25) is 17.7 Å². The molecular weight excluding hydrogens is 313 g/mol. The van der Waals surface area contributed by atoms with Crippen LogP contribution in [0.1, 0.15) is 25.3 Å². The minimum absolute atomic E-state index is 0.165. The molecule has 0 heterocycles. The van der Waals surface area contributed by atoms with Crippen molar-refractivity contribution in [2.45, 2.75) is 38.3 Å². The van der Waals surface area contributed by atoms with E-state index < -0.39 is 29.7 Å². The average Bonchev–Trinajstić information content (AvgIpc) is 2.52. The number of nitrogens with two attached hydrogens (primary N) is 1. The van der Waals surface area contributed by atoms with Gasteiger partial charge in [0.1, 0.15) is 17.9 Å². The number of nitrogens with one attached hydrogen (secondary N) is 2. The molecule has 1 aromatic carbocycles. The smallest absolute Gasteiger partial charge is 0.243 e. The second-order valence-electron chi connectivity index (χ2n) is 5.41. The van der Waals surface area contributed by atoms with Crippen molar-refractivity contribution in [3.05, 3.63) is 48.3 Å². The summed E-state index contributed by atoms with van der Waals surface area (Å²) in [6.07, 6.45) is 2.62. The molecule has 0 aliphatic heterocycles. The summed E-state index contributed by atoms with van der Waals surface area (Å²) in [6.45, 7) is 4.84. The summed E-state index contributed by atoms with van der Waals surface area (Å²) in [4.78, 5) is 35.2. The lowest BCUT2D eigenvalue weighted by atomic mass is 10.0. The molecule has 0 saturated carbocycles. The lowest BCUT2D eigenvalue weighted by Gasteiger charge is -2.21. The second-order valence-corrected chi connectivity index (χ2v) is 5.41. The molecule has 7 heteroatoms. The Labute approximate surface area is 140 Å². The Morgan fingerprint density at radius 3 is 2.33 bits per heavy atom. The summed E-state index contributed by atoms with van der Waals surface area (Å²) < 4.78 is 13.0. The third-order valence-corrected chi connectivity index (χ3v) is 3.37. The number of benzene rings is 1. The fourth-order valence-corrected chi connectivity index (χ4v) is 2.15. The van der Waals surface area contributed by atoms with E-state index in [0.29, 0.717) is 18.4 Å². The molecule has 0 unspecified atom stereocenters. The summed E-state index contributed by atoms with van der Waals surface area (Å²) in [5.74, 6) is -1.97. The lowest BCUT2D eigenvalue weighted by Crippen LogP contribution is -2.53. The second kappa shape index (κ2) is 9.44. The van der Waals surface area contributed by atoms with E-state index in [1.54, 1.807) is 6.08 Å². The lowest BCUT2D eigenvalue weighted by molar-refractivity contribution is -0.130. The van der Waals surface area contributed by atoms with Gasteiger partial charge < -0.3 is 16.4 Å². The monoisotopic (exact) mass is 335 g/mol. The first-order valence-electron chi connectivity index (χ1n) is 7.55. The molecule has 0 fully saturated rings. The Balaban J connectivity index is 2.83. The first-order valence-corrected chi connectivity index (χ1v) is 7.55. The predicted octanol–water partition coefficient (Wildman–Crippen LogP) is 0.809. The van der Waals surface area contributed by atoms with Crippen molar-refractivity contribution >= 4 is 17.7 Å². The fourth-order valence-electron chi connectivity index (χ4n) is 2.15. The van der Waals surface area contributed by atoms with Crippen molar-refractivity contribution in [2.24, 2.45) is 5.73 Å². The van der Waals surface area contributed by atoms with E-state index >= 15 is 0 Å². The summed E-state index contributed by atoms with van der Waals surface area (Å²) in [7, 11) is 0. The summed E-state index contributed by atoms with van der Waals surface area (Å²) in [5.41, 5.74) is 5.95. The molecule has 0 aromatic heterocycles. The number of amides is 3. The van der Waals surface area contributed by atoms with Gasteiger partial charge in [-0.1, -0.05) is 18.2 Å². The molecule has 6 nitrogen and oxygen atoms in total. The van der Waals surface area contributed by atoms with Crippen molar-refractivity contribution in [1.29, 1.82) is 0 Å². The van der Waals surface area contributed by atoms with Gasteiger partial charge in [-0.05, 0) is 30.5 Å². The van der Waals surface area contributed by atoms with Crippen LogP contribution in [-0.2, 0) is 20.8 Å². The highest BCUT2D eigenvalue weighted by Gasteiger charge is 2.24. The summed E-state index contributed by atoms with van der Waals surface area (Å²) in [6, 6.07) is 3.86. The maximum atomic E-state index is 13.0. The van der Waals surface area contributed by atoms with Gasteiger partial charge >= 0.3 is 0 Å². The van der Waals surface area contributed by atoms with E-state index in [2.05, 4.69) is 17.2 Å². The van der Waals surface area contributed by atoms with Crippen molar-refractivity contribution < 1.29 is 18.8 Å². The Hall–Kier alpha value is -2.70. The van der Waals surface area contributed by atoms with Crippen LogP contribution in [0, 0.1) is 5.82 Å². The van der Waals surface area contributed by atoms with Gasteiger partial charge in [-0.15, -0.1) is 6.58 Å².